The highest BCUT2D eigenvalue weighted by molar-refractivity contribution is 5.36. The van der Waals surface area contributed by atoms with Gasteiger partial charge in [-0.15, -0.1) is 0 Å². The molecule has 7 heteroatoms. The summed E-state index contributed by atoms with van der Waals surface area (Å²) in [7, 11) is 0. The van der Waals surface area contributed by atoms with Gasteiger partial charge in [0.05, 0.1) is 19.8 Å². The van der Waals surface area contributed by atoms with Crippen molar-refractivity contribution in [3.8, 4) is 6.01 Å². The number of anilines is 2. The molecule has 1 saturated carbocycles. The average Bonchev–Trinajstić information content (AvgIpc) is 3.21. The zero-order valence-electron chi connectivity index (χ0n) is 10.2. The van der Waals surface area contributed by atoms with Crippen molar-refractivity contribution < 1.29 is 9.47 Å². The van der Waals surface area contributed by atoms with E-state index in [9.17, 15) is 0 Å². The van der Waals surface area contributed by atoms with Gasteiger partial charge in [-0.05, 0) is 18.8 Å². The van der Waals surface area contributed by atoms with Crippen molar-refractivity contribution in [3.63, 3.8) is 0 Å². The Bertz CT molecular complexity index is 418. The lowest BCUT2D eigenvalue weighted by Crippen LogP contribution is -2.37. The van der Waals surface area contributed by atoms with Crippen LogP contribution in [0, 0.1) is 5.92 Å². The van der Waals surface area contributed by atoms with E-state index in [1.807, 2.05) is 4.90 Å². The fraction of sp³-hybridized carbons (Fsp3) is 0.727. The van der Waals surface area contributed by atoms with Crippen LogP contribution in [0.5, 0.6) is 6.01 Å². The van der Waals surface area contributed by atoms with Gasteiger partial charge in [-0.2, -0.15) is 15.0 Å². The fourth-order valence-electron chi connectivity index (χ4n) is 1.81. The van der Waals surface area contributed by atoms with Crippen LogP contribution in [-0.2, 0) is 4.74 Å². The van der Waals surface area contributed by atoms with Gasteiger partial charge in [-0.3, -0.25) is 0 Å². The molecule has 0 radical (unpaired) electrons. The van der Waals surface area contributed by atoms with Gasteiger partial charge >= 0.3 is 6.01 Å². The number of ether oxygens (including phenoxy) is 2. The van der Waals surface area contributed by atoms with E-state index in [4.69, 9.17) is 15.2 Å². The molecule has 7 nitrogen and oxygen atoms in total. The maximum atomic E-state index is 5.69. The van der Waals surface area contributed by atoms with Crippen LogP contribution in [-0.4, -0.2) is 47.9 Å². The standard InChI is InChI=1S/C11H17N5O2/c12-9-13-10(16-3-5-17-6-4-16)15-11(14-9)18-7-8-1-2-8/h8H,1-7H2,(H2,12,13,14,15). The number of morpholine rings is 1. The van der Waals surface area contributed by atoms with E-state index in [1.165, 1.54) is 12.8 Å². The number of hydrogen-bond donors (Lipinski definition) is 1. The lowest BCUT2D eigenvalue weighted by atomic mass is 10.4. The normalized spacial score (nSPS) is 19.9. The maximum Gasteiger partial charge on any atom is 0.323 e. The molecule has 1 aromatic rings. The van der Waals surface area contributed by atoms with E-state index >= 15 is 0 Å². The quantitative estimate of drug-likeness (QED) is 0.810. The Morgan fingerprint density at radius 1 is 1.22 bits per heavy atom. The molecule has 0 atom stereocenters. The van der Waals surface area contributed by atoms with Gasteiger partial charge in [0.25, 0.3) is 0 Å². The summed E-state index contributed by atoms with van der Waals surface area (Å²) >= 11 is 0. The summed E-state index contributed by atoms with van der Waals surface area (Å²) < 4.78 is 10.8. The SMILES string of the molecule is Nc1nc(OCC2CC2)nc(N2CCOCC2)n1. The van der Waals surface area contributed by atoms with E-state index in [0.717, 1.165) is 13.1 Å². The topological polar surface area (TPSA) is 86.4 Å². The number of nitrogens with two attached hydrogens (primary N) is 1. The minimum absolute atomic E-state index is 0.206. The van der Waals surface area contributed by atoms with Crippen molar-refractivity contribution in [2.45, 2.75) is 12.8 Å². The smallest absolute Gasteiger partial charge is 0.323 e. The third-order valence-corrected chi connectivity index (χ3v) is 3.06. The molecule has 2 heterocycles. The molecule has 2 N–H and O–H groups in total. The third-order valence-electron chi connectivity index (χ3n) is 3.06. The first-order chi connectivity index (χ1) is 8.81. The predicted molar refractivity (Wildman–Crippen MR) is 65.5 cm³/mol. The highest BCUT2D eigenvalue weighted by atomic mass is 16.5. The zero-order valence-corrected chi connectivity index (χ0v) is 10.2. The minimum Gasteiger partial charge on any atom is -0.463 e. The summed E-state index contributed by atoms with van der Waals surface area (Å²) in [5.41, 5.74) is 5.69. The molecule has 2 fully saturated rings. The highest BCUT2D eigenvalue weighted by Gasteiger charge is 2.23. The van der Waals surface area contributed by atoms with Crippen LogP contribution in [0.3, 0.4) is 0 Å². The molecular weight excluding hydrogens is 234 g/mol. The van der Waals surface area contributed by atoms with Crippen LogP contribution in [0.2, 0.25) is 0 Å². The molecule has 0 unspecified atom stereocenters. The van der Waals surface area contributed by atoms with Crippen molar-refractivity contribution >= 4 is 11.9 Å². The molecule has 0 bridgehead atoms. The number of nitrogens with zero attached hydrogens (tertiary/aromatic N) is 4. The lowest BCUT2D eigenvalue weighted by Gasteiger charge is -2.26. The van der Waals surface area contributed by atoms with Crippen molar-refractivity contribution in [1.29, 1.82) is 0 Å². The van der Waals surface area contributed by atoms with E-state index in [1.54, 1.807) is 0 Å². The molecular formula is C11H17N5O2. The van der Waals surface area contributed by atoms with Gasteiger partial charge in [0.15, 0.2) is 0 Å². The van der Waals surface area contributed by atoms with Crippen LogP contribution in [0.15, 0.2) is 0 Å². The first-order valence-electron chi connectivity index (χ1n) is 6.28. The first kappa shape index (κ1) is 11.5. The van der Waals surface area contributed by atoms with Gasteiger partial charge in [0.1, 0.15) is 0 Å². The zero-order chi connectivity index (χ0) is 12.4. The molecule has 0 spiro atoms. The number of rotatable bonds is 4. The molecule has 0 aromatic carbocycles. The van der Waals surface area contributed by atoms with Gasteiger partial charge in [0.2, 0.25) is 11.9 Å². The van der Waals surface area contributed by atoms with Crippen molar-refractivity contribution in [1.82, 2.24) is 15.0 Å². The van der Waals surface area contributed by atoms with Crippen LogP contribution in [0.1, 0.15) is 12.8 Å². The second kappa shape index (κ2) is 4.93. The van der Waals surface area contributed by atoms with E-state index < -0.39 is 0 Å². The summed E-state index contributed by atoms with van der Waals surface area (Å²) in [5, 5.41) is 0. The summed E-state index contributed by atoms with van der Waals surface area (Å²) in [6.45, 7) is 3.58. The average molecular weight is 251 g/mol. The third kappa shape index (κ3) is 2.79. The summed E-state index contributed by atoms with van der Waals surface area (Å²) in [6, 6.07) is 0.330. The van der Waals surface area contributed by atoms with Crippen LogP contribution in [0.4, 0.5) is 11.9 Å². The fourth-order valence-corrected chi connectivity index (χ4v) is 1.81. The summed E-state index contributed by atoms with van der Waals surface area (Å²) in [5.74, 6) is 1.45. The number of hydrogen-bond acceptors (Lipinski definition) is 7. The van der Waals surface area contributed by atoms with Crippen molar-refractivity contribution in [3.05, 3.63) is 0 Å². The van der Waals surface area contributed by atoms with Crippen LogP contribution >= 0.6 is 0 Å². The largest absolute Gasteiger partial charge is 0.463 e. The van der Waals surface area contributed by atoms with E-state index in [0.29, 0.717) is 37.7 Å². The summed E-state index contributed by atoms with van der Waals surface area (Å²) in [6.07, 6.45) is 2.47. The Labute approximate surface area is 105 Å². The second-order valence-corrected chi connectivity index (χ2v) is 4.63. The Morgan fingerprint density at radius 3 is 2.72 bits per heavy atom. The van der Waals surface area contributed by atoms with Gasteiger partial charge in [-0.25, -0.2) is 0 Å². The number of nitrogen functional groups attached to an aromatic ring is 1. The van der Waals surface area contributed by atoms with Crippen molar-refractivity contribution in [2.24, 2.45) is 5.92 Å². The van der Waals surface area contributed by atoms with Gasteiger partial charge in [-0.1, -0.05) is 0 Å². The monoisotopic (exact) mass is 251 g/mol. The van der Waals surface area contributed by atoms with E-state index in [2.05, 4.69) is 15.0 Å². The Morgan fingerprint density at radius 2 is 2.00 bits per heavy atom. The molecule has 0 amide bonds. The molecule has 3 rings (SSSR count). The van der Waals surface area contributed by atoms with E-state index in [-0.39, 0.29) is 5.95 Å². The summed E-state index contributed by atoms with van der Waals surface area (Å²) in [4.78, 5) is 14.5. The predicted octanol–water partition coefficient (Wildman–Crippen LogP) is 0.0792. The molecule has 1 aliphatic heterocycles. The Hall–Kier alpha value is -1.63. The first-order valence-corrected chi connectivity index (χ1v) is 6.28. The minimum atomic E-state index is 0.206. The molecule has 1 aromatic heterocycles. The highest BCUT2D eigenvalue weighted by Crippen LogP contribution is 2.29. The Kier molecular flexibility index (Phi) is 3.14. The number of aromatic nitrogens is 3. The molecule has 1 aliphatic carbocycles. The van der Waals surface area contributed by atoms with Crippen LogP contribution in [0.25, 0.3) is 0 Å². The van der Waals surface area contributed by atoms with Crippen LogP contribution < -0.4 is 15.4 Å². The molecule has 18 heavy (non-hydrogen) atoms. The second-order valence-electron chi connectivity index (χ2n) is 4.63. The lowest BCUT2D eigenvalue weighted by molar-refractivity contribution is 0.122. The molecule has 2 aliphatic rings. The van der Waals surface area contributed by atoms with Crippen molar-refractivity contribution in [2.75, 3.05) is 43.5 Å². The maximum absolute atomic E-state index is 5.69. The Balaban J connectivity index is 1.71. The van der Waals surface area contributed by atoms with Gasteiger partial charge < -0.3 is 20.1 Å². The molecule has 1 saturated heterocycles. The van der Waals surface area contributed by atoms with Gasteiger partial charge in [0, 0.05) is 13.1 Å². The molecule has 98 valence electrons.